The van der Waals surface area contributed by atoms with Crippen LogP contribution < -0.4 is 5.73 Å². The highest BCUT2D eigenvalue weighted by molar-refractivity contribution is 5.22. The van der Waals surface area contributed by atoms with Crippen LogP contribution in [0.25, 0.3) is 0 Å². The van der Waals surface area contributed by atoms with Crippen molar-refractivity contribution in [3.05, 3.63) is 35.4 Å². The Morgan fingerprint density at radius 3 is 2.29 bits per heavy atom. The van der Waals surface area contributed by atoms with Gasteiger partial charge in [0.25, 0.3) is 0 Å². The number of nitrogens with two attached hydrogens (primary N) is 1. The Labute approximate surface area is 125 Å². The Morgan fingerprint density at radius 2 is 1.81 bits per heavy atom. The second kappa shape index (κ2) is 7.29. The zero-order valence-corrected chi connectivity index (χ0v) is 12.9. The van der Waals surface area contributed by atoms with Crippen LogP contribution >= 0.6 is 0 Å². The smallest absolute Gasteiger partial charge is 0.126 e. The van der Waals surface area contributed by atoms with Crippen LogP contribution in [0.4, 0.5) is 8.78 Å². The molecule has 5 heteroatoms. The molecule has 0 saturated carbocycles. The van der Waals surface area contributed by atoms with Crippen molar-refractivity contribution in [1.29, 1.82) is 0 Å². The van der Waals surface area contributed by atoms with E-state index < -0.39 is 11.6 Å². The summed E-state index contributed by atoms with van der Waals surface area (Å²) in [4.78, 5) is 4.60. The summed E-state index contributed by atoms with van der Waals surface area (Å²) in [5, 5.41) is 0. The molecule has 1 aliphatic rings. The normalized spacial score (nSPS) is 19.1. The minimum Gasteiger partial charge on any atom is -0.329 e. The monoisotopic (exact) mass is 297 g/mol. The van der Waals surface area contributed by atoms with E-state index in [-0.39, 0.29) is 6.04 Å². The van der Waals surface area contributed by atoms with E-state index in [9.17, 15) is 8.78 Å². The molecule has 1 atom stereocenters. The molecule has 0 bridgehead atoms. The van der Waals surface area contributed by atoms with E-state index in [1.54, 1.807) is 0 Å². The lowest BCUT2D eigenvalue weighted by Gasteiger charge is -2.40. The second-order valence-corrected chi connectivity index (χ2v) is 5.79. The molecule has 1 fully saturated rings. The third-order valence-electron chi connectivity index (χ3n) is 4.56. The fourth-order valence-electron chi connectivity index (χ4n) is 3.20. The molecule has 0 amide bonds. The number of likely N-dealkylation sites (tertiary alicyclic amines) is 1. The number of halogens is 2. The van der Waals surface area contributed by atoms with Gasteiger partial charge in [0, 0.05) is 24.7 Å². The number of piperidine rings is 1. The largest absolute Gasteiger partial charge is 0.329 e. The van der Waals surface area contributed by atoms with Crippen molar-refractivity contribution in [2.75, 3.05) is 33.2 Å². The average Bonchev–Trinajstić information content (AvgIpc) is 2.47. The average molecular weight is 297 g/mol. The van der Waals surface area contributed by atoms with Crippen LogP contribution in [0.1, 0.15) is 31.4 Å². The molecule has 1 saturated heterocycles. The van der Waals surface area contributed by atoms with Gasteiger partial charge < -0.3 is 10.6 Å². The van der Waals surface area contributed by atoms with Crippen LogP contribution in [0.2, 0.25) is 0 Å². The molecule has 21 heavy (non-hydrogen) atoms. The summed E-state index contributed by atoms with van der Waals surface area (Å²) in [5.74, 6) is -1.09. The van der Waals surface area contributed by atoms with Crippen molar-refractivity contribution in [3.8, 4) is 0 Å². The van der Waals surface area contributed by atoms with Gasteiger partial charge in [-0.25, -0.2) is 8.78 Å². The number of hydrogen-bond donors (Lipinski definition) is 1. The van der Waals surface area contributed by atoms with Crippen LogP contribution in [0, 0.1) is 11.6 Å². The van der Waals surface area contributed by atoms with Gasteiger partial charge >= 0.3 is 0 Å². The molecule has 118 valence electrons. The maximum absolute atomic E-state index is 13.4. The van der Waals surface area contributed by atoms with Crippen LogP contribution in [-0.2, 0) is 0 Å². The van der Waals surface area contributed by atoms with Crippen molar-refractivity contribution in [2.45, 2.75) is 31.8 Å². The summed E-state index contributed by atoms with van der Waals surface area (Å²) in [7, 11) is 2.01. The molecule has 0 aliphatic carbocycles. The summed E-state index contributed by atoms with van der Waals surface area (Å²) < 4.78 is 26.8. The molecule has 1 unspecified atom stereocenters. The van der Waals surface area contributed by atoms with Gasteiger partial charge in [0.1, 0.15) is 11.6 Å². The van der Waals surface area contributed by atoms with Gasteiger partial charge in [-0.05, 0) is 57.2 Å². The molecule has 1 aromatic carbocycles. The fraction of sp³-hybridized carbons (Fsp3) is 0.625. The summed E-state index contributed by atoms with van der Waals surface area (Å²) in [6.45, 7) is 5.74. The molecular formula is C16H25F2N3. The lowest BCUT2D eigenvalue weighted by molar-refractivity contribution is 0.101. The first kappa shape index (κ1) is 16.3. The van der Waals surface area contributed by atoms with Gasteiger partial charge in [-0.3, -0.25) is 4.90 Å². The number of rotatable bonds is 5. The van der Waals surface area contributed by atoms with E-state index in [4.69, 9.17) is 5.73 Å². The predicted octanol–water partition coefficient (Wildman–Crippen LogP) is 2.38. The summed E-state index contributed by atoms with van der Waals surface area (Å²) in [5.41, 5.74) is 6.49. The Morgan fingerprint density at radius 1 is 1.24 bits per heavy atom. The predicted molar refractivity (Wildman–Crippen MR) is 81.1 cm³/mol. The van der Waals surface area contributed by atoms with Crippen molar-refractivity contribution in [1.82, 2.24) is 9.80 Å². The van der Waals surface area contributed by atoms with Crippen molar-refractivity contribution < 1.29 is 8.78 Å². The van der Waals surface area contributed by atoms with E-state index in [1.807, 2.05) is 7.05 Å². The van der Waals surface area contributed by atoms with Crippen LogP contribution in [0.5, 0.6) is 0 Å². The molecule has 3 nitrogen and oxygen atoms in total. The number of benzene rings is 1. The molecule has 0 aromatic heterocycles. The SMILES string of the molecule is CCN1CCC(N(C)C(CN)c2cc(F)cc(F)c2)CC1. The van der Waals surface area contributed by atoms with Gasteiger partial charge in [0.2, 0.25) is 0 Å². The first-order valence-corrected chi connectivity index (χ1v) is 7.65. The highest BCUT2D eigenvalue weighted by Gasteiger charge is 2.27. The van der Waals surface area contributed by atoms with Crippen molar-refractivity contribution in [3.63, 3.8) is 0 Å². The van der Waals surface area contributed by atoms with Gasteiger partial charge in [-0.15, -0.1) is 0 Å². The van der Waals surface area contributed by atoms with Gasteiger partial charge in [-0.1, -0.05) is 6.92 Å². The van der Waals surface area contributed by atoms with E-state index >= 15 is 0 Å². The Kier molecular flexibility index (Phi) is 5.67. The van der Waals surface area contributed by atoms with Crippen molar-refractivity contribution >= 4 is 0 Å². The van der Waals surface area contributed by atoms with E-state index in [1.165, 1.54) is 12.1 Å². The van der Waals surface area contributed by atoms with Crippen LogP contribution in [-0.4, -0.2) is 49.1 Å². The topological polar surface area (TPSA) is 32.5 Å². The van der Waals surface area contributed by atoms with Gasteiger partial charge in [0.05, 0.1) is 0 Å². The van der Waals surface area contributed by atoms with Gasteiger partial charge in [-0.2, -0.15) is 0 Å². The van der Waals surface area contributed by atoms with Gasteiger partial charge in [0.15, 0.2) is 0 Å². The molecule has 1 aromatic rings. The second-order valence-electron chi connectivity index (χ2n) is 5.79. The summed E-state index contributed by atoms with van der Waals surface area (Å²) in [6, 6.07) is 3.94. The highest BCUT2D eigenvalue weighted by Crippen LogP contribution is 2.26. The fourth-order valence-corrected chi connectivity index (χ4v) is 3.20. The van der Waals surface area contributed by atoms with E-state index in [0.29, 0.717) is 18.2 Å². The quantitative estimate of drug-likeness (QED) is 0.906. The molecule has 2 rings (SSSR count). The third kappa shape index (κ3) is 3.99. The number of nitrogens with zero attached hydrogens (tertiary/aromatic N) is 2. The Balaban J connectivity index is 2.09. The molecule has 1 heterocycles. The van der Waals surface area contributed by atoms with E-state index in [2.05, 4.69) is 16.7 Å². The first-order valence-electron chi connectivity index (χ1n) is 7.65. The first-order chi connectivity index (χ1) is 10.0. The summed E-state index contributed by atoms with van der Waals surface area (Å²) in [6.07, 6.45) is 2.14. The third-order valence-corrected chi connectivity index (χ3v) is 4.56. The minimum atomic E-state index is -0.544. The molecule has 1 aliphatic heterocycles. The van der Waals surface area contributed by atoms with Crippen LogP contribution in [0.3, 0.4) is 0 Å². The number of hydrogen-bond acceptors (Lipinski definition) is 3. The number of likely N-dealkylation sites (N-methyl/N-ethyl adjacent to an activating group) is 1. The van der Waals surface area contributed by atoms with E-state index in [0.717, 1.165) is 38.5 Å². The minimum absolute atomic E-state index is 0.145. The lowest BCUT2D eigenvalue weighted by atomic mass is 9.98. The molecule has 0 radical (unpaired) electrons. The lowest BCUT2D eigenvalue weighted by Crippen LogP contribution is -2.46. The zero-order chi connectivity index (χ0) is 15.4. The van der Waals surface area contributed by atoms with Crippen molar-refractivity contribution in [2.24, 2.45) is 5.73 Å². The van der Waals surface area contributed by atoms with Crippen LogP contribution in [0.15, 0.2) is 18.2 Å². The summed E-state index contributed by atoms with van der Waals surface area (Å²) >= 11 is 0. The Hall–Kier alpha value is -1.04. The Bertz CT molecular complexity index is 439. The maximum Gasteiger partial charge on any atom is 0.126 e. The molecule has 0 spiro atoms. The zero-order valence-electron chi connectivity index (χ0n) is 12.9. The molecule has 2 N–H and O–H groups in total. The highest BCUT2D eigenvalue weighted by atomic mass is 19.1. The standard InChI is InChI=1S/C16H25F2N3/c1-3-21-6-4-15(5-7-21)20(2)16(11-19)12-8-13(17)10-14(18)9-12/h8-10,15-16H,3-7,11,19H2,1-2H3. The maximum atomic E-state index is 13.4. The molecular weight excluding hydrogens is 272 g/mol.